The van der Waals surface area contributed by atoms with Gasteiger partial charge in [0.05, 0.1) is 6.42 Å². The van der Waals surface area contributed by atoms with Gasteiger partial charge in [-0.25, -0.2) is 0 Å². The first-order valence-corrected chi connectivity index (χ1v) is 5.41. The Labute approximate surface area is 94.5 Å². The summed E-state index contributed by atoms with van der Waals surface area (Å²) in [4.78, 5) is 4.28. The SMILES string of the molecule is CCc1noc(Cc2ccccc2CN)n1. The second kappa shape index (κ2) is 4.90. The van der Waals surface area contributed by atoms with Crippen molar-refractivity contribution in [1.82, 2.24) is 10.1 Å². The van der Waals surface area contributed by atoms with Gasteiger partial charge in [-0.3, -0.25) is 0 Å². The Morgan fingerprint density at radius 2 is 2.00 bits per heavy atom. The second-order valence-corrected chi connectivity index (χ2v) is 3.61. The summed E-state index contributed by atoms with van der Waals surface area (Å²) in [5.74, 6) is 1.40. The lowest BCUT2D eigenvalue weighted by atomic mass is 10.0. The predicted molar refractivity (Wildman–Crippen MR) is 60.8 cm³/mol. The van der Waals surface area contributed by atoms with Crippen LogP contribution in [0.3, 0.4) is 0 Å². The van der Waals surface area contributed by atoms with Gasteiger partial charge >= 0.3 is 0 Å². The highest BCUT2D eigenvalue weighted by Crippen LogP contribution is 2.12. The molecule has 0 fully saturated rings. The molecule has 2 N–H and O–H groups in total. The van der Waals surface area contributed by atoms with Crippen LogP contribution in [0.25, 0.3) is 0 Å². The first-order chi connectivity index (χ1) is 7.83. The maximum atomic E-state index is 5.67. The van der Waals surface area contributed by atoms with Gasteiger partial charge in [0.2, 0.25) is 5.89 Å². The molecule has 84 valence electrons. The van der Waals surface area contributed by atoms with E-state index >= 15 is 0 Å². The number of nitrogens with zero attached hydrogens (tertiary/aromatic N) is 2. The molecule has 4 nitrogen and oxygen atoms in total. The molecule has 1 heterocycles. The fourth-order valence-corrected chi connectivity index (χ4v) is 1.60. The van der Waals surface area contributed by atoms with Crippen LogP contribution in [-0.4, -0.2) is 10.1 Å². The first-order valence-electron chi connectivity index (χ1n) is 5.41. The lowest BCUT2D eigenvalue weighted by molar-refractivity contribution is 0.379. The van der Waals surface area contributed by atoms with Crippen molar-refractivity contribution in [3.05, 3.63) is 47.1 Å². The van der Waals surface area contributed by atoms with Crippen molar-refractivity contribution in [2.75, 3.05) is 0 Å². The standard InChI is InChI=1S/C12H15N3O/c1-2-11-14-12(16-15-11)7-9-5-3-4-6-10(9)8-13/h3-6H,2,7-8,13H2,1H3. The Kier molecular flexibility index (Phi) is 3.31. The summed E-state index contributed by atoms with van der Waals surface area (Å²) >= 11 is 0. The highest BCUT2D eigenvalue weighted by molar-refractivity contribution is 5.28. The molecular formula is C12H15N3O. The summed E-state index contributed by atoms with van der Waals surface area (Å²) < 4.78 is 5.16. The lowest BCUT2D eigenvalue weighted by Gasteiger charge is -2.03. The molecule has 0 aliphatic carbocycles. The summed E-state index contributed by atoms with van der Waals surface area (Å²) in [5, 5.41) is 3.87. The molecule has 0 aliphatic rings. The molecule has 4 heteroatoms. The average Bonchev–Trinajstić information content (AvgIpc) is 2.77. The Balaban J connectivity index is 2.19. The third kappa shape index (κ3) is 2.28. The first kappa shape index (κ1) is 10.8. The molecule has 1 aromatic carbocycles. The minimum atomic E-state index is 0.533. The fourth-order valence-electron chi connectivity index (χ4n) is 1.60. The molecule has 1 aromatic heterocycles. The van der Waals surface area contributed by atoms with Gasteiger partial charge < -0.3 is 10.3 Å². The van der Waals surface area contributed by atoms with E-state index in [4.69, 9.17) is 10.3 Å². The van der Waals surface area contributed by atoms with Crippen LogP contribution in [0.4, 0.5) is 0 Å². The third-order valence-corrected chi connectivity index (χ3v) is 2.51. The van der Waals surface area contributed by atoms with Gasteiger partial charge in [-0.1, -0.05) is 36.3 Å². The number of benzene rings is 1. The van der Waals surface area contributed by atoms with Gasteiger partial charge in [0.15, 0.2) is 5.82 Å². The van der Waals surface area contributed by atoms with E-state index in [0.717, 1.165) is 23.4 Å². The van der Waals surface area contributed by atoms with Crippen LogP contribution in [-0.2, 0) is 19.4 Å². The summed E-state index contributed by atoms with van der Waals surface area (Å²) in [6.07, 6.45) is 1.45. The molecule has 0 atom stereocenters. The van der Waals surface area contributed by atoms with Crippen molar-refractivity contribution in [2.24, 2.45) is 5.73 Å². The van der Waals surface area contributed by atoms with Crippen LogP contribution in [0.1, 0.15) is 29.8 Å². The van der Waals surface area contributed by atoms with E-state index in [-0.39, 0.29) is 0 Å². The van der Waals surface area contributed by atoms with Gasteiger partial charge in [0.25, 0.3) is 0 Å². The predicted octanol–water partition coefficient (Wildman–Crippen LogP) is 1.68. The Bertz CT molecular complexity index is 465. The third-order valence-electron chi connectivity index (χ3n) is 2.51. The molecule has 0 bridgehead atoms. The van der Waals surface area contributed by atoms with Crippen molar-refractivity contribution in [3.8, 4) is 0 Å². The molecule has 0 amide bonds. The van der Waals surface area contributed by atoms with E-state index in [9.17, 15) is 0 Å². The molecule has 16 heavy (non-hydrogen) atoms. The van der Waals surface area contributed by atoms with Crippen LogP contribution < -0.4 is 5.73 Å². The highest BCUT2D eigenvalue weighted by Gasteiger charge is 2.07. The van der Waals surface area contributed by atoms with Gasteiger partial charge in [-0.15, -0.1) is 0 Å². The number of aromatic nitrogens is 2. The minimum Gasteiger partial charge on any atom is -0.339 e. The summed E-state index contributed by atoms with van der Waals surface area (Å²) in [6, 6.07) is 8.03. The van der Waals surface area contributed by atoms with Gasteiger partial charge in [0.1, 0.15) is 0 Å². The van der Waals surface area contributed by atoms with Crippen molar-refractivity contribution < 1.29 is 4.52 Å². The van der Waals surface area contributed by atoms with Crippen LogP contribution >= 0.6 is 0 Å². The zero-order valence-electron chi connectivity index (χ0n) is 9.31. The topological polar surface area (TPSA) is 64.9 Å². The van der Waals surface area contributed by atoms with E-state index in [1.165, 1.54) is 0 Å². The Hall–Kier alpha value is -1.68. The summed E-state index contributed by atoms with van der Waals surface area (Å²) in [5.41, 5.74) is 7.94. The molecule has 0 radical (unpaired) electrons. The molecule has 0 unspecified atom stereocenters. The van der Waals surface area contributed by atoms with Gasteiger partial charge in [-0.2, -0.15) is 4.98 Å². The largest absolute Gasteiger partial charge is 0.339 e. The molecule has 2 rings (SSSR count). The van der Waals surface area contributed by atoms with Crippen molar-refractivity contribution >= 4 is 0 Å². The number of aryl methyl sites for hydroxylation is 1. The molecule has 0 saturated carbocycles. The average molecular weight is 217 g/mol. The van der Waals surface area contributed by atoms with E-state index in [0.29, 0.717) is 18.9 Å². The van der Waals surface area contributed by atoms with Crippen LogP contribution in [0.15, 0.2) is 28.8 Å². The molecule has 2 aromatic rings. The van der Waals surface area contributed by atoms with E-state index in [1.54, 1.807) is 0 Å². The smallest absolute Gasteiger partial charge is 0.231 e. The number of rotatable bonds is 4. The summed E-state index contributed by atoms with van der Waals surface area (Å²) in [6.45, 7) is 2.54. The zero-order valence-corrected chi connectivity index (χ0v) is 9.31. The quantitative estimate of drug-likeness (QED) is 0.846. The van der Waals surface area contributed by atoms with Crippen LogP contribution in [0, 0.1) is 0 Å². The zero-order chi connectivity index (χ0) is 11.4. The highest BCUT2D eigenvalue weighted by atomic mass is 16.5. The summed E-state index contributed by atoms with van der Waals surface area (Å²) in [7, 11) is 0. The monoisotopic (exact) mass is 217 g/mol. The van der Waals surface area contributed by atoms with Crippen LogP contribution in [0.5, 0.6) is 0 Å². The van der Waals surface area contributed by atoms with E-state index in [2.05, 4.69) is 10.1 Å². The minimum absolute atomic E-state index is 0.533. The number of hydrogen-bond acceptors (Lipinski definition) is 4. The normalized spacial score (nSPS) is 10.6. The fraction of sp³-hybridized carbons (Fsp3) is 0.333. The van der Waals surface area contributed by atoms with Crippen molar-refractivity contribution in [3.63, 3.8) is 0 Å². The maximum Gasteiger partial charge on any atom is 0.231 e. The Morgan fingerprint density at radius 3 is 2.62 bits per heavy atom. The molecule has 0 saturated heterocycles. The van der Waals surface area contributed by atoms with E-state index < -0.39 is 0 Å². The van der Waals surface area contributed by atoms with Crippen LogP contribution in [0.2, 0.25) is 0 Å². The van der Waals surface area contributed by atoms with Crippen molar-refractivity contribution in [1.29, 1.82) is 0 Å². The lowest BCUT2D eigenvalue weighted by Crippen LogP contribution is -2.02. The van der Waals surface area contributed by atoms with Gasteiger partial charge in [0, 0.05) is 13.0 Å². The molecule has 0 spiro atoms. The van der Waals surface area contributed by atoms with Gasteiger partial charge in [-0.05, 0) is 11.1 Å². The van der Waals surface area contributed by atoms with E-state index in [1.807, 2.05) is 31.2 Å². The maximum absolute atomic E-state index is 5.67. The van der Waals surface area contributed by atoms with Crippen molar-refractivity contribution in [2.45, 2.75) is 26.3 Å². The number of hydrogen-bond donors (Lipinski definition) is 1. The Morgan fingerprint density at radius 1 is 1.25 bits per heavy atom. The molecule has 0 aliphatic heterocycles. The second-order valence-electron chi connectivity index (χ2n) is 3.61. The number of nitrogens with two attached hydrogens (primary N) is 1. The molecular weight excluding hydrogens is 202 g/mol.